The fourth-order valence-corrected chi connectivity index (χ4v) is 2.94. The lowest BCUT2D eigenvalue weighted by atomic mass is 10.0. The number of amides is 2. The highest BCUT2D eigenvalue weighted by Gasteiger charge is 2.09. The van der Waals surface area contributed by atoms with Gasteiger partial charge in [-0.25, -0.2) is 0 Å². The van der Waals surface area contributed by atoms with E-state index in [2.05, 4.69) is 10.6 Å². The van der Waals surface area contributed by atoms with Gasteiger partial charge in [-0.1, -0.05) is 24.3 Å². The first kappa shape index (κ1) is 21.9. The van der Waals surface area contributed by atoms with Crippen LogP contribution in [0.25, 0.3) is 0 Å². The molecule has 2 N–H and O–H groups in total. The number of benzene rings is 2. The van der Waals surface area contributed by atoms with E-state index in [1.807, 2.05) is 18.2 Å². The average Bonchev–Trinajstić information content (AvgIpc) is 2.67. The molecule has 0 atom stereocenters. The van der Waals surface area contributed by atoms with Crippen LogP contribution in [0.5, 0.6) is 0 Å². The number of aryl methyl sites for hydroxylation is 1. The first-order valence-corrected chi connectivity index (χ1v) is 10.0. The standard InChI is InChI=1S/C21H22Cl2N2O3/c22-11-9-20(27)24-17-5-1-3-15(13-17)7-8-19(26)16-4-2-6-18(14-16)25-21(28)10-12-23/h1-6,13-14H,7-12H2,(H,24,27)(H,25,28). The highest BCUT2D eigenvalue weighted by atomic mass is 35.5. The normalized spacial score (nSPS) is 10.4. The molecule has 0 saturated heterocycles. The average molecular weight is 421 g/mol. The molecule has 5 nitrogen and oxygen atoms in total. The Kier molecular flexibility index (Phi) is 8.98. The van der Waals surface area contributed by atoms with Gasteiger partial charge >= 0.3 is 0 Å². The van der Waals surface area contributed by atoms with Crippen molar-refractivity contribution in [1.82, 2.24) is 0 Å². The molecule has 0 aliphatic rings. The fraction of sp³-hybridized carbons (Fsp3) is 0.286. The summed E-state index contributed by atoms with van der Waals surface area (Å²) in [6.07, 6.45) is 1.33. The summed E-state index contributed by atoms with van der Waals surface area (Å²) in [6.45, 7) is 0. The van der Waals surface area contributed by atoms with Gasteiger partial charge in [0.1, 0.15) is 0 Å². The number of carbonyl (C=O) groups excluding carboxylic acids is 3. The zero-order chi connectivity index (χ0) is 20.4. The van der Waals surface area contributed by atoms with Crippen molar-refractivity contribution in [1.29, 1.82) is 0 Å². The molecule has 148 valence electrons. The van der Waals surface area contributed by atoms with Crippen molar-refractivity contribution in [2.75, 3.05) is 22.4 Å². The Morgan fingerprint density at radius 2 is 1.32 bits per heavy atom. The van der Waals surface area contributed by atoms with E-state index in [1.165, 1.54) is 0 Å². The maximum Gasteiger partial charge on any atom is 0.225 e. The monoisotopic (exact) mass is 420 g/mol. The molecular formula is C21H22Cl2N2O3. The highest BCUT2D eigenvalue weighted by Crippen LogP contribution is 2.16. The number of Topliss-reactive ketones (excluding diaryl/α,β-unsaturated/α-hetero) is 1. The summed E-state index contributed by atoms with van der Waals surface area (Å²) in [5, 5.41) is 5.50. The number of ketones is 1. The highest BCUT2D eigenvalue weighted by molar-refractivity contribution is 6.19. The van der Waals surface area contributed by atoms with E-state index >= 15 is 0 Å². The maximum absolute atomic E-state index is 12.5. The van der Waals surface area contributed by atoms with Crippen molar-refractivity contribution >= 4 is 52.2 Å². The van der Waals surface area contributed by atoms with Crippen LogP contribution in [0, 0.1) is 0 Å². The van der Waals surface area contributed by atoms with Crippen molar-refractivity contribution in [2.45, 2.75) is 25.7 Å². The molecule has 0 heterocycles. The summed E-state index contributed by atoms with van der Waals surface area (Å²) in [5.74, 6) is 0.162. The van der Waals surface area contributed by atoms with Crippen LogP contribution in [-0.4, -0.2) is 29.4 Å². The van der Waals surface area contributed by atoms with Crippen molar-refractivity contribution in [2.24, 2.45) is 0 Å². The minimum absolute atomic E-state index is 0.0231. The van der Waals surface area contributed by atoms with Gasteiger partial charge in [-0.2, -0.15) is 0 Å². The third-order valence-corrected chi connectivity index (χ3v) is 4.34. The molecule has 0 radical (unpaired) electrons. The molecule has 0 aromatic heterocycles. The molecule has 2 rings (SSSR count). The Labute approximate surface area is 174 Å². The summed E-state index contributed by atoms with van der Waals surface area (Å²) >= 11 is 11.1. The summed E-state index contributed by atoms with van der Waals surface area (Å²) in [7, 11) is 0. The van der Waals surface area contributed by atoms with Gasteiger partial charge in [0.15, 0.2) is 5.78 Å². The van der Waals surface area contributed by atoms with Gasteiger partial charge in [0.2, 0.25) is 11.8 Å². The molecule has 2 aromatic rings. The second kappa shape index (κ2) is 11.5. The SMILES string of the molecule is O=C(CCCl)Nc1cccc(CCC(=O)c2cccc(NC(=O)CCCl)c2)c1. The number of rotatable bonds is 10. The number of hydrogen-bond donors (Lipinski definition) is 2. The second-order valence-corrected chi connectivity index (χ2v) is 6.93. The lowest BCUT2D eigenvalue weighted by Crippen LogP contribution is -2.12. The van der Waals surface area contributed by atoms with Crippen LogP contribution in [0.15, 0.2) is 48.5 Å². The number of anilines is 2. The molecule has 0 spiro atoms. The predicted molar refractivity (Wildman–Crippen MR) is 113 cm³/mol. The predicted octanol–water partition coefficient (Wildman–Crippen LogP) is 4.64. The third kappa shape index (κ3) is 7.33. The molecule has 0 saturated carbocycles. The summed E-state index contributed by atoms with van der Waals surface area (Å²) < 4.78 is 0. The molecular weight excluding hydrogens is 399 g/mol. The second-order valence-electron chi connectivity index (χ2n) is 6.18. The van der Waals surface area contributed by atoms with Crippen molar-refractivity contribution in [3.05, 3.63) is 59.7 Å². The van der Waals surface area contributed by atoms with Crippen LogP contribution >= 0.6 is 23.2 Å². The van der Waals surface area contributed by atoms with Crippen LogP contribution in [0.4, 0.5) is 11.4 Å². The van der Waals surface area contributed by atoms with Crippen LogP contribution in [0.1, 0.15) is 35.2 Å². The molecule has 0 unspecified atom stereocenters. The van der Waals surface area contributed by atoms with Crippen molar-refractivity contribution < 1.29 is 14.4 Å². The van der Waals surface area contributed by atoms with E-state index in [1.54, 1.807) is 30.3 Å². The molecule has 2 aromatic carbocycles. The van der Waals surface area contributed by atoms with E-state index in [9.17, 15) is 14.4 Å². The Morgan fingerprint density at radius 1 is 0.750 bits per heavy atom. The summed E-state index contributed by atoms with van der Waals surface area (Å²) in [5.41, 5.74) is 2.74. The smallest absolute Gasteiger partial charge is 0.225 e. The summed E-state index contributed by atoms with van der Waals surface area (Å²) in [6, 6.07) is 14.2. The molecule has 0 fully saturated rings. The van der Waals surface area contributed by atoms with Crippen LogP contribution < -0.4 is 10.6 Å². The molecule has 28 heavy (non-hydrogen) atoms. The first-order valence-electron chi connectivity index (χ1n) is 8.95. The zero-order valence-corrected chi connectivity index (χ0v) is 16.9. The third-order valence-electron chi connectivity index (χ3n) is 3.96. The molecule has 7 heteroatoms. The zero-order valence-electron chi connectivity index (χ0n) is 15.3. The van der Waals surface area contributed by atoms with Gasteiger partial charge in [0.25, 0.3) is 0 Å². The van der Waals surface area contributed by atoms with Gasteiger partial charge < -0.3 is 10.6 Å². The lowest BCUT2D eigenvalue weighted by Gasteiger charge is -2.08. The number of halogens is 2. The Bertz CT molecular complexity index is 840. The van der Waals surface area contributed by atoms with Crippen molar-refractivity contribution in [3.63, 3.8) is 0 Å². The number of alkyl halides is 2. The quantitative estimate of drug-likeness (QED) is 0.434. The molecule has 0 aliphatic carbocycles. The van der Waals surface area contributed by atoms with Crippen molar-refractivity contribution in [3.8, 4) is 0 Å². The largest absolute Gasteiger partial charge is 0.326 e. The van der Waals surface area contributed by atoms with Gasteiger partial charge in [-0.3, -0.25) is 14.4 Å². The minimum atomic E-state index is -0.187. The maximum atomic E-state index is 12.5. The summed E-state index contributed by atoms with van der Waals surface area (Å²) in [4.78, 5) is 35.8. The Morgan fingerprint density at radius 3 is 1.93 bits per heavy atom. The van der Waals surface area contributed by atoms with E-state index < -0.39 is 0 Å². The van der Waals surface area contributed by atoms with E-state index in [-0.39, 0.29) is 42.2 Å². The van der Waals surface area contributed by atoms with Crippen LogP contribution in [0.3, 0.4) is 0 Å². The topological polar surface area (TPSA) is 75.3 Å². The first-order chi connectivity index (χ1) is 13.5. The van der Waals surface area contributed by atoms with Crippen LogP contribution in [0.2, 0.25) is 0 Å². The van der Waals surface area contributed by atoms with Gasteiger partial charge in [0, 0.05) is 48.0 Å². The van der Waals surface area contributed by atoms with E-state index in [4.69, 9.17) is 23.2 Å². The fourth-order valence-electron chi connectivity index (χ4n) is 2.60. The van der Waals surface area contributed by atoms with E-state index in [0.717, 1.165) is 5.56 Å². The Hall–Kier alpha value is -2.37. The van der Waals surface area contributed by atoms with Gasteiger partial charge in [-0.05, 0) is 36.2 Å². The molecule has 0 aliphatic heterocycles. The lowest BCUT2D eigenvalue weighted by molar-refractivity contribution is -0.116. The number of nitrogens with one attached hydrogen (secondary N) is 2. The Balaban J connectivity index is 1.95. The van der Waals surface area contributed by atoms with E-state index in [0.29, 0.717) is 29.8 Å². The molecule has 2 amide bonds. The minimum Gasteiger partial charge on any atom is -0.326 e. The van der Waals surface area contributed by atoms with Gasteiger partial charge in [0.05, 0.1) is 0 Å². The number of hydrogen-bond acceptors (Lipinski definition) is 3. The van der Waals surface area contributed by atoms with Crippen LogP contribution in [-0.2, 0) is 16.0 Å². The van der Waals surface area contributed by atoms with Gasteiger partial charge in [-0.15, -0.1) is 23.2 Å². The number of carbonyl (C=O) groups is 3. The molecule has 0 bridgehead atoms.